The molecule has 2 N–H and O–H groups in total. The largest absolute Gasteiger partial charge is 0.394 e. The van der Waals surface area contributed by atoms with Gasteiger partial charge in [-0.15, -0.1) is 0 Å². The van der Waals surface area contributed by atoms with E-state index >= 15 is 0 Å². The van der Waals surface area contributed by atoms with Crippen LogP contribution in [0.15, 0.2) is 0 Å². The van der Waals surface area contributed by atoms with Crippen molar-refractivity contribution in [1.82, 2.24) is 10.2 Å². The summed E-state index contributed by atoms with van der Waals surface area (Å²) in [5, 5.41) is 13.1. The Hall–Kier alpha value is -0.120. The van der Waals surface area contributed by atoms with E-state index in [1.165, 1.54) is 25.8 Å². The molecular formula is C16H34N2O. The molecule has 0 radical (unpaired) electrons. The first-order valence-electron chi connectivity index (χ1n) is 7.99. The molecule has 1 fully saturated rings. The quantitative estimate of drug-likeness (QED) is 0.640. The van der Waals surface area contributed by atoms with Gasteiger partial charge in [0.1, 0.15) is 0 Å². The molecule has 0 bridgehead atoms. The van der Waals surface area contributed by atoms with Gasteiger partial charge in [0.15, 0.2) is 0 Å². The van der Waals surface area contributed by atoms with Crippen LogP contribution in [-0.2, 0) is 0 Å². The van der Waals surface area contributed by atoms with Crippen molar-refractivity contribution in [2.24, 2.45) is 5.92 Å². The zero-order chi connectivity index (χ0) is 14.5. The maximum Gasteiger partial charge on any atom is 0.0611 e. The highest BCUT2D eigenvalue weighted by atomic mass is 16.3. The molecule has 0 aromatic heterocycles. The van der Waals surface area contributed by atoms with Crippen LogP contribution in [0, 0.1) is 5.92 Å². The van der Waals surface area contributed by atoms with Crippen LogP contribution in [-0.4, -0.2) is 47.3 Å². The molecule has 19 heavy (non-hydrogen) atoms. The van der Waals surface area contributed by atoms with Crippen molar-refractivity contribution in [2.75, 3.05) is 19.7 Å². The summed E-state index contributed by atoms with van der Waals surface area (Å²) in [4.78, 5) is 2.63. The fraction of sp³-hybridized carbons (Fsp3) is 1.00. The maximum atomic E-state index is 9.64. The molecule has 1 rings (SSSR count). The predicted octanol–water partition coefficient (Wildman–Crippen LogP) is 2.64. The molecule has 1 unspecified atom stereocenters. The van der Waals surface area contributed by atoms with E-state index in [0.29, 0.717) is 6.04 Å². The van der Waals surface area contributed by atoms with E-state index in [1.54, 1.807) is 0 Å². The minimum atomic E-state index is -0.140. The second-order valence-corrected chi connectivity index (χ2v) is 7.22. The molecule has 1 aliphatic rings. The summed E-state index contributed by atoms with van der Waals surface area (Å²) in [5.41, 5.74) is -0.140. The molecule has 0 aliphatic heterocycles. The van der Waals surface area contributed by atoms with Crippen LogP contribution in [0.1, 0.15) is 60.3 Å². The molecule has 0 heterocycles. The molecule has 1 atom stereocenters. The van der Waals surface area contributed by atoms with E-state index in [9.17, 15) is 5.11 Å². The van der Waals surface area contributed by atoms with E-state index in [-0.39, 0.29) is 12.1 Å². The number of nitrogens with zero attached hydrogens (tertiary/aromatic N) is 1. The van der Waals surface area contributed by atoms with Gasteiger partial charge in [-0.2, -0.15) is 0 Å². The predicted molar refractivity (Wildman–Crippen MR) is 82.4 cm³/mol. The third-order valence-electron chi connectivity index (χ3n) is 3.99. The van der Waals surface area contributed by atoms with Gasteiger partial charge in [-0.1, -0.05) is 27.7 Å². The number of hydrogen-bond acceptors (Lipinski definition) is 3. The van der Waals surface area contributed by atoms with Crippen molar-refractivity contribution in [1.29, 1.82) is 0 Å². The van der Waals surface area contributed by atoms with Crippen molar-refractivity contribution >= 4 is 0 Å². The summed E-state index contributed by atoms with van der Waals surface area (Å²) in [6.07, 6.45) is 5.04. The van der Waals surface area contributed by atoms with E-state index in [2.05, 4.69) is 44.8 Å². The van der Waals surface area contributed by atoms with Gasteiger partial charge >= 0.3 is 0 Å². The topological polar surface area (TPSA) is 35.5 Å². The molecule has 3 nitrogen and oxygen atoms in total. The first-order valence-corrected chi connectivity index (χ1v) is 7.99. The lowest BCUT2D eigenvalue weighted by molar-refractivity contribution is 0.133. The van der Waals surface area contributed by atoms with Crippen LogP contribution in [0.3, 0.4) is 0 Å². The summed E-state index contributed by atoms with van der Waals surface area (Å²) < 4.78 is 0. The Morgan fingerprint density at radius 1 is 1.21 bits per heavy atom. The molecule has 114 valence electrons. The van der Waals surface area contributed by atoms with Gasteiger partial charge < -0.3 is 15.3 Å². The van der Waals surface area contributed by atoms with Crippen LogP contribution >= 0.6 is 0 Å². The number of hydrogen-bond donors (Lipinski definition) is 2. The summed E-state index contributed by atoms with van der Waals surface area (Å²) >= 11 is 0. The lowest BCUT2D eigenvalue weighted by Gasteiger charge is -2.34. The minimum absolute atomic E-state index is 0.140. The lowest BCUT2D eigenvalue weighted by Crippen LogP contribution is -2.51. The van der Waals surface area contributed by atoms with E-state index in [4.69, 9.17) is 0 Å². The van der Waals surface area contributed by atoms with Crippen molar-refractivity contribution in [3.05, 3.63) is 0 Å². The average molecular weight is 270 g/mol. The Balaban J connectivity index is 2.40. The molecule has 1 saturated carbocycles. The molecule has 3 heteroatoms. The SMILES string of the molecule is CC(C)CCN(CCC(C)(CO)NC(C)C)C1CC1. The summed E-state index contributed by atoms with van der Waals surface area (Å²) in [5.74, 6) is 0.777. The van der Waals surface area contributed by atoms with E-state index in [0.717, 1.165) is 24.9 Å². The van der Waals surface area contributed by atoms with Crippen LogP contribution in [0.25, 0.3) is 0 Å². The molecule has 0 aromatic rings. The molecule has 0 amide bonds. The Labute approximate surface area is 119 Å². The fourth-order valence-electron chi connectivity index (χ4n) is 2.62. The van der Waals surface area contributed by atoms with Gasteiger partial charge in [0.05, 0.1) is 6.61 Å². The summed E-state index contributed by atoms with van der Waals surface area (Å²) in [7, 11) is 0. The first-order chi connectivity index (χ1) is 8.86. The van der Waals surface area contributed by atoms with Gasteiger partial charge in [0.2, 0.25) is 0 Å². The van der Waals surface area contributed by atoms with Crippen LogP contribution in [0.2, 0.25) is 0 Å². The zero-order valence-corrected chi connectivity index (χ0v) is 13.6. The van der Waals surface area contributed by atoms with Gasteiger partial charge in [-0.05, 0) is 45.1 Å². The first kappa shape index (κ1) is 16.9. The normalized spacial score (nSPS) is 19.4. The van der Waals surface area contributed by atoms with Gasteiger partial charge in [0, 0.05) is 24.2 Å². The van der Waals surface area contributed by atoms with Crippen LogP contribution in [0.5, 0.6) is 0 Å². The van der Waals surface area contributed by atoms with Crippen molar-refractivity contribution in [2.45, 2.75) is 77.9 Å². The second-order valence-electron chi connectivity index (χ2n) is 7.22. The summed E-state index contributed by atoms with van der Waals surface area (Å²) in [6.45, 7) is 13.6. The Morgan fingerprint density at radius 3 is 2.26 bits per heavy atom. The monoisotopic (exact) mass is 270 g/mol. The highest BCUT2D eigenvalue weighted by molar-refractivity contribution is 4.89. The summed E-state index contributed by atoms with van der Waals surface area (Å²) in [6, 6.07) is 1.24. The smallest absolute Gasteiger partial charge is 0.0611 e. The Bertz CT molecular complexity index is 251. The van der Waals surface area contributed by atoms with Crippen molar-refractivity contribution in [3.63, 3.8) is 0 Å². The Kier molecular flexibility index (Phi) is 6.78. The van der Waals surface area contributed by atoms with E-state index < -0.39 is 0 Å². The zero-order valence-electron chi connectivity index (χ0n) is 13.6. The number of aliphatic hydroxyl groups is 1. The van der Waals surface area contributed by atoms with Gasteiger partial charge in [0.25, 0.3) is 0 Å². The number of aliphatic hydroxyl groups excluding tert-OH is 1. The average Bonchev–Trinajstić information content (AvgIpc) is 3.12. The van der Waals surface area contributed by atoms with Gasteiger partial charge in [-0.3, -0.25) is 0 Å². The second kappa shape index (κ2) is 7.61. The highest BCUT2D eigenvalue weighted by Crippen LogP contribution is 2.28. The van der Waals surface area contributed by atoms with Crippen LogP contribution < -0.4 is 5.32 Å². The Morgan fingerprint density at radius 2 is 1.84 bits per heavy atom. The fourth-order valence-corrected chi connectivity index (χ4v) is 2.62. The number of nitrogens with one attached hydrogen (secondary N) is 1. The number of rotatable bonds is 10. The highest BCUT2D eigenvalue weighted by Gasteiger charge is 2.31. The molecule has 0 aromatic carbocycles. The third kappa shape index (κ3) is 6.73. The standard InChI is InChI=1S/C16H34N2O/c1-13(2)8-10-18(15-6-7-15)11-9-16(5,12-19)17-14(3)4/h13-15,17,19H,6-12H2,1-5H3. The van der Waals surface area contributed by atoms with Crippen LogP contribution in [0.4, 0.5) is 0 Å². The van der Waals surface area contributed by atoms with Gasteiger partial charge in [-0.25, -0.2) is 0 Å². The molecule has 0 spiro atoms. The third-order valence-corrected chi connectivity index (χ3v) is 3.99. The van der Waals surface area contributed by atoms with Crippen molar-refractivity contribution in [3.8, 4) is 0 Å². The molecule has 0 saturated heterocycles. The van der Waals surface area contributed by atoms with E-state index in [1.807, 2.05) is 0 Å². The van der Waals surface area contributed by atoms with Crippen molar-refractivity contribution < 1.29 is 5.11 Å². The molecule has 1 aliphatic carbocycles. The minimum Gasteiger partial charge on any atom is -0.394 e. The maximum absolute atomic E-state index is 9.64. The lowest BCUT2D eigenvalue weighted by atomic mass is 9.97. The molecular weight excluding hydrogens is 236 g/mol.